The highest BCUT2D eigenvalue weighted by molar-refractivity contribution is 5.39. The molecule has 2 nitrogen and oxygen atoms in total. The molecule has 96 valence electrons. The predicted octanol–water partition coefficient (Wildman–Crippen LogP) is 4.02. The lowest BCUT2D eigenvalue weighted by Gasteiger charge is -2.27. The zero-order chi connectivity index (χ0) is 13.1. The lowest BCUT2D eigenvalue weighted by Crippen LogP contribution is -2.17. The minimum Gasteiger partial charge on any atom is -0.508 e. The molecule has 0 aromatic heterocycles. The van der Waals surface area contributed by atoms with Crippen molar-refractivity contribution < 1.29 is 9.84 Å². The van der Waals surface area contributed by atoms with Crippen LogP contribution in [0.1, 0.15) is 39.7 Å². The first-order valence-electron chi connectivity index (χ1n) is 6.20. The Kier molecular flexibility index (Phi) is 4.44. The molecule has 1 rings (SSSR count). The van der Waals surface area contributed by atoms with E-state index < -0.39 is 0 Å². The van der Waals surface area contributed by atoms with E-state index >= 15 is 0 Å². The fraction of sp³-hybridized carbons (Fsp3) is 0.600. The van der Waals surface area contributed by atoms with E-state index in [0.29, 0.717) is 17.1 Å². The van der Waals surface area contributed by atoms with Crippen molar-refractivity contribution in [2.45, 2.75) is 40.5 Å². The van der Waals surface area contributed by atoms with Crippen molar-refractivity contribution in [3.63, 3.8) is 0 Å². The average molecular weight is 236 g/mol. The monoisotopic (exact) mass is 236 g/mol. The molecule has 1 atom stereocenters. The number of ether oxygens (including phenoxy) is 1. The van der Waals surface area contributed by atoms with Gasteiger partial charge < -0.3 is 9.84 Å². The summed E-state index contributed by atoms with van der Waals surface area (Å²) in [7, 11) is 1.67. The molecule has 1 N–H and O–H groups in total. The van der Waals surface area contributed by atoms with E-state index in [4.69, 9.17) is 4.74 Å². The van der Waals surface area contributed by atoms with Crippen molar-refractivity contribution in [2.75, 3.05) is 7.11 Å². The second-order valence-corrected chi connectivity index (χ2v) is 5.80. The summed E-state index contributed by atoms with van der Waals surface area (Å²) in [6.45, 7) is 9.06. The summed E-state index contributed by atoms with van der Waals surface area (Å²) in [6.07, 6.45) is 2.04. The molecule has 17 heavy (non-hydrogen) atoms. The highest BCUT2D eigenvalue weighted by Gasteiger charge is 2.20. The van der Waals surface area contributed by atoms with Crippen LogP contribution in [-0.4, -0.2) is 12.2 Å². The van der Waals surface area contributed by atoms with Crippen LogP contribution in [0.4, 0.5) is 0 Å². The van der Waals surface area contributed by atoms with Gasteiger partial charge in [-0.2, -0.15) is 0 Å². The third kappa shape index (κ3) is 3.95. The Bertz CT molecular complexity index is 364. The summed E-state index contributed by atoms with van der Waals surface area (Å²) >= 11 is 0. The Balaban J connectivity index is 2.72. The SMILES string of the molecule is COc1ccc(O)cc1CCC(C)C(C)(C)C. The molecule has 0 heterocycles. The van der Waals surface area contributed by atoms with E-state index in [1.807, 2.05) is 6.07 Å². The Morgan fingerprint density at radius 1 is 1.29 bits per heavy atom. The zero-order valence-corrected chi connectivity index (χ0v) is 11.6. The van der Waals surface area contributed by atoms with Gasteiger partial charge in [-0.25, -0.2) is 0 Å². The number of benzene rings is 1. The third-order valence-electron chi connectivity index (χ3n) is 3.59. The molecule has 0 aliphatic carbocycles. The van der Waals surface area contributed by atoms with Crippen LogP contribution in [0, 0.1) is 11.3 Å². The largest absolute Gasteiger partial charge is 0.508 e. The second kappa shape index (κ2) is 5.44. The molecule has 0 aliphatic heterocycles. The minimum atomic E-state index is 0.309. The first kappa shape index (κ1) is 13.9. The normalized spacial score (nSPS) is 13.5. The molecule has 2 heteroatoms. The Morgan fingerprint density at radius 3 is 2.47 bits per heavy atom. The van der Waals surface area contributed by atoms with Crippen molar-refractivity contribution >= 4 is 0 Å². The molecule has 0 spiro atoms. The molecular weight excluding hydrogens is 212 g/mol. The molecule has 0 fully saturated rings. The topological polar surface area (TPSA) is 29.5 Å². The first-order valence-corrected chi connectivity index (χ1v) is 6.20. The van der Waals surface area contributed by atoms with Crippen LogP contribution >= 0.6 is 0 Å². The summed E-state index contributed by atoms with van der Waals surface area (Å²) in [4.78, 5) is 0. The number of phenols is 1. The van der Waals surface area contributed by atoms with E-state index in [1.54, 1.807) is 19.2 Å². The lowest BCUT2D eigenvalue weighted by molar-refractivity contribution is 0.246. The van der Waals surface area contributed by atoms with Crippen LogP contribution in [0.5, 0.6) is 11.5 Å². The lowest BCUT2D eigenvalue weighted by atomic mass is 9.79. The smallest absolute Gasteiger partial charge is 0.122 e. The van der Waals surface area contributed by atoms with Gasteiger partial charge in [-0.15, -0.1) is 0 Å². The maximum Gasteiger partial charge on any atom is 0.122 e. The number of hydrogen-bond acceptors (Lipinski definition) is 2. The molecule has 1 aromatic carbocycles. The van der Waals surface area contributed by atoms with Crippen molar-refractivity contribution in [1.82, 2.24) is 0 Å². The number of phenolic OH excluding ortho intramolecular Hbond substituents is 1. The number of aryl methyl sites for hydroxylation is 1. The van der Waals surface area contributed by atoms with Gasteiger partial charge in [0.15, 0.2) is 0 Å². The van der Waals surface area contributed by atoms with E-state index in [0.717, 1.165) is 24.2 Å². The summed E-state index contributed by atoms with van der Waals surface area (Å²) in [5.74, 6) is 1.81. The van der Waals surface area contributed by atoms with E-state index in [1.165, 1.54) is 0 Å². The second-order valence-electron chi connectivity index (χ2n) is 5.80. The van der Waals surface area contributed by atoms with Crippen LogP contribution in [0.15, 0.2) is 18.2 Å². The van der Waals surface area contributed by atoms with Gasteiger partial charge in [-0.3, -0.25) is 0 Å². The average Bonchev–Trinajstić information content (AvgIpc) is 2.24. The summed E-state index contributed by atoms with van der Waals surface area (Å²) in [5.41, 5.74) is 1.41. The highest BCUT2D eigenvalue weighted by Crippen LogP contribution is 2.31. The van der Waals surface area contributed by atoms with Gasteiger partial charge >= 0.3 is 0 Å². The van der Waals surface area contributed by atoms with Crippen molar-refractivity contribution in [2.24, 2.45) is 11.3 Å². The van der Waals surface area contributed by atoms with E-state index in [-0.39, 0.29) is 0 Å². The number of methoxy groups -OCH3 is 1. The summed E-state index contributed by atoms with van der Waals surface area (Å²) < 4.78 is 5.31. The Labute approximate surface area is 105 Å². The Morgan fingerprint density at radius 2 is 1.94 bits per heavy atom. The highest BCUT2D eigenvalue weighted by atomic mass is 16.5. The van der Waals surface area contributed by atoms with E-state index in [9.17, 15) is 5.11 Å². The van der Waals surface area contributed by atoms with Crippen molar-refractivity contribution in [3.05, 3.63) is 23.8 Å². The van der Waals surface area contributed by atoms with E-state index in [2.05, 4.69) is 27.7 Å². The first-order chi connectivity index (χ1) is 7.84. The number of hydrogen-bond donors (Lipinski definition) is 1. The van der Waals surface area contributed by atoms with Gasteiger partial charge in [-0.05, 0) is 47.9 Å². The molecule has 1 aromatic rings. The van der Waals surface area contributed by atoms with Crippen LogP contribution < -0.4 is 4.74 Å². The fourth-order valence-electron chi connectivity index (χ4n) is 1.77. The standard InChI is InChI=1S/C15H24O2/c1-11(15(2,3)4)6-7-12-10-13(16)8-9-14(12)17-5/h8-11,16H,6-7H2,1-5H3. The van der Waals surface area contributed by atoms with Crippen LogP contribution in [0.3, 0.4) is 0 Å². The molecular formula is C15H24O2. The molecule has 0 saturated heterocycles. The zero-order valence-electron chi connectivity index (χ0n) is 11.6. The molecule has 0 aliphatic rings. The summed E-state index contributed by atoms with van der Waals surface area (Å²) in [5, 5.41) is 9.50. The number of rotatable bonds is 4. The van der Waals surface area contributed by atoms with Gasteiger partial charge in [0.05, 0.1) is 7.11 Å². The minimum absolute atomic E-state index is 0.309. The predicted molar refractivity (Wildman–Crippen MR) is 71.6 cm³/mol. The quantitative estimate of drug-likeness (QED) is 0.855. The van der Waals surface area contributed by atoms with Crippen molar-refractivity contribution in [1.29, 1.82) is 0 Å². The Hall–Kier alpha value is -1.18. The maximum atomic E-state index is 9.50. The third-order valence-corrected chi connectivity index (χ3v) is 3.59. The molecule has 0 bridgehead atoms. The fourth-order valence-corrected chi connectivity index (χ4v) is 1.77. The van der Waals surface area contributed by atoms with Crippen LogP contribution in [0.25, 0.3) is 0 Å². The van der Waals surface area contributed by atoms with Crippen LogP contribution in [-0.2, 0) is 6.42 Å². The van der Waals surface area contributed by atoms with Crippen LogP contribution in [0.2, 0.25) is 0 Å². The maximum absolute atomic E-state index is 9.50. The van der Waals surface area contributed by atoms with Gasteiger partial charge in [0.25, 0.3) is 0 Å². The van der Waals surface area contributed by atoms with Gasteiger partial charge in [0.2, 0.25) is 0 Å². The van der Waals surface area contributed by atoms with Crippen molar-refractivity contribution in [3.8, 4) is 11.5 Å². The molecule has 0 amide bonds. The van der Waals surface area contributed by atoms with Gasteiger partial charge in [-0.1, -0.05) is 27.7 Å². The molecule has 1 unspecified atom stereocenters. The van der Waals surface area contributed by atoms with Gasteiger partial charge in [0.1, 0.15) is 11.5 Å². The number of aromatic hydroxyl groups is 1. The molecule has 0 radical (unpaired) electrons. The molecule has 0 saturated carbocycles. The van der Waals surface area contributed by atoms with Gasteiger partial charge in [0, 0.05) is 0 Å². The summed E-state index contributed by atoms with van der Waals surface area (Å²) in [6, 6.07) is 5.29.